The molecule has 0 spiro atoms. The summed E-state index contributed by atoms with van der Waals surface area (Å²) in [6, 6.07) is 34.9. The van der Waals surface area contributed by atoms with E-state index < -0.39 is 0 Å². The first-order valence-corrected chi connectivity index (χ1v) is 14.9. The Morgan fingerprint density at radius 2 is 1.64 bits per heavy atom. The van der Waals surface area contributed by atoms with E-state index in [9.17, 15) is 4.79 Å². The lowest BCUT2D eigenvalue weighted by atomic mass is 9.81. The second kappa shape index (κ2) is 12.5. The number of amides is 1. The van der Waals surface area contributed by atoms with E-state index in [0.717, 1.165) is 58.6 Å². The number of benzene rings is 4. The third kappa shape index (κ3) is 6.01. The van der Waals surface area contributed by atoms with Crippen LogP contribution in [0.1, 0.15) is 66.3 Å². The third-order valence-corrected chi connectivity index (χ3v) is 8.13. The van der Waals surface area contributed by atoms with Crippen LogP contribution in [0, 0.1) is 0 Å². The van der Waals surface area contributed by atoms with Gasteiger partial charge < -0.3 is 9.64 Å². The van der Waals surface area contributed by atoms with Gasteiger partial charge in [0.15, 0.2) is 0 Å². The van der Waals surface area contributed by atoms with Gasteiger partial charge in [0.2, 0.25) is 5.91 Å². The van der Waals surface area contributed by atoms with Gasteiger partial charge in [-0.1, -0.05) is 86.6 Å². The largest absolute Gasteiger partial charge is 0.489 e. The Balaban J connectivity index is 1.30. The summed E-state index contributed by atoms with van der Waals surface area (Å²) < 4.78 is 8.17. The molecule has 5 aromatic rings. The van der Waals surface area contributed by atoms with Gasteiger partial charge >= 0.3 is 0 Å². The van der Waals surface area contributed by atoms with Crippen molar-refractivity contribution in [2.75, 3.05) is 4.90 Å². The summed E-state index contributed by atoms with van der Waals surface area (Å²) >= 11 is 0. The molecular weight excluding hydrogens is 518 g/mol. The summed E-state index contributed by atoms with van der Waals surface area (Å²) in [6.45, 7) is 5.33. The first-order chi connectivity index (χ1) is 20.6. The summed E-state index contributed by atoms with van der Waals surface area (Å²) in [4.78, 5) is 16.4. The first-order valence-electron chi connectivity index (χ1n) is 14.9. The highest BCUT2D eigenvalue weighted by atomic mass is 16.5. The van der Waals surface area contributed by atoms with Crippen LogP contribution >= 0.6 is 0 Å². The van der Waals surface area contributed by atoms with E-state index in [-0.39, 0.29) is 11.8 Å². The number of ether oxygens (including phenoxy) is 1. The highest BCUT2D eigenvalue weighted by molar-refractivity contribution is 5.98. The molecule has 1 aliphatic carbocycles. The van der Waals surface area contributed by atoms with Gasteiger partial charge in [-0.3, -0.25) is 4.79 Å². The number of hydrogen-bond acceptors (Lipinski definition) is 3. The van der Waals surface area contributed by atoms with Crippen LogP contribution in [0.2, 0.25) is 0 Å². The molecule has 1 unspecified atom stereocenters. The maximum absolute atomic E-state index is 14.5. The molecule has 0 saturated carbocycles. The zero-order valence-corrected chi connectivity index (χ0v) is 24.3. The third-order valence-electron chi connectivity index (χ3n) is 8.13. The Kier molecular flexibility index (Phi) is 8.18. The molecule has 0 N–H and O–H groups in total. The molecular formula is C37H37N3O2. The number of anilines is 1. The van der Waals surface area contributed by atoms with Crippen molar-refractivity contribution in [2.24, 2.45) is 0 Å². The Morgan fingerprint density at radius 1 is 0.905 bits per heavy atom. The van der Waals surface area contributed by atoms with Crippen LogP contribution in [-0.4, -0.2) is 15.7 Å². The van der Waals surface area contributed by atoms with E-state index in [1.807, 2.05) is 82.6 Å². The van der Waals surface area contributed by atoms with Gasteiger partial charge in [0.25, 0.3) is 0 Å². The van der Waals surface area contributed by atoms with Crippen LogP contribution in [0.4, 0.5) is 5.69 Å². The highest BCUT2D eigenvalue weighted by Crippen LogP contribution is 2.39. The van der Waals surface area contributed by atoms with Gasteiger partial charge in [-0.2, -0.15) is 5.10 Å². The minimum absolute atomic E-state index is 0.112. The number of hydrogen-bond donors (Lipinski definition) is 0. The van der Waals surface area contributed by atoms with Crippen LogP contribution in [0.5, 0.6) is 5.75 Å². The normalized spacial score (nSPS) is 14.4. The number of carbonyl (C=O) groups excluding carboxylic acids is 1. The van der Waals surface area contributed by atoms with E-state index in [4.69, 9.17) is 4.74 Å². The fourth-order valence-electron chi connectivity index (χ4n) is 5.81. The minimum atomic E-state index is -0.233. The minimum Gasteiger partial charge on any atom is -0.489 e. The molecule has 0 bridgehead atoms. The number of aromatic nitrogens is 2. The lowest BCUT2D eigenvalue weighted by Gasteiger charge is -2.32. The smallest absolute Gasteiger partial charge is 0.234 e. The van der Waals surface area contributed by atoms with E-state index in [1.165, 1.54) is 5.56 Å². The standard InChI is InChI=1S/C37H37N3O2/c1-27(2)30-19-21-31(22-20-30)39(24-29-23-38-40(25-29)32-13-7-4-8-14-32)37(41)35-17-9-16-34-33(35)15-10-18-36(34)42-26-28-11-5-3-6-12-28/h3-8,10-15,18-23,25,27,35H,9,16-17,24,26H2,1-2H3. The van der Waals surface area contributed by atoms with E-state index in [1.54, 1.807) is 0 Å². The Hall–Kier alpha value is -4.64. The zero-order chi connectivity index (χ0) is 28.9. The molecule has 212 valence electrons. The van der Waals surface area contributed by atoms with E-state index >= 15 is 0 Å². The van der Waals surface area contributed by atoms with E-state index in [2.05, 4.69) is 61.4 Å². The van der Waals surface area contributed by atoms with Crippen molar-refractivity contribution in [3.05, 3.63) is 143 Å². The molecule has 6 rings (SSSR count). The monoisotopic (exact) mass is 555 g/mol. The quantitative estimate of drug-likeness (QED) is 0.184. The molecule has 1 atom stereocenters. The van der Waals surface area contributed by atoms with Crippen LogP contribution in [0.25, 0.3) is 5.69 Å². The molecule has 0 radical (unpaired) electrons. The summed E-state index contributed by atoms with van der Waals surface area (Å²) in [5.41, 5.74) is 7.51. The number of para-hydroxylation sites is 1. The van der Waals surface area contributed by atoms with Gasteiger partial charge in [0.05, 0.1) is 24.3 Å². The second-order valence-electron chi connectivity index (χ2n) is 11.3. The fraction of sp³-hybridized carbons (Fsp3) is 0.243. The number of nitrogens with zero attached hydrogens (tertiary/aromatic N) is 3. The van der Waals surface area contributed by atoms with Crippen LogP contribution < -0.4 is 9.64 Å². The fourth-order valence-corrected chi connectivity index (χ4v) is 5.81. The van der Waals surface area contributed by atoms with Gasteiger partial charge in [0, 0.05) is 17.4 Å². The average Bonchev–Trinajstić information content (AvgIpc) is 3.52. The predicted octanol–water partition coefficient (Wildman–Crippen LogP) is 8.23. The lowest BCUT2D eigenvalue weighted by Crippen LogP contribution is -2.36. The van der Waals surface area contributed by atoms with Crippen LogP contribution in [-0.2, 0) is 24.4 Å². The summed E-state index contributed by atoms with van der Waals surface area (Å²) in [6.07, 6.45) is 6.55. The van der Waals surface area contributed by atoms with Crippen LogP contribution in [0.3, 0.4) is 0 Å². The molecule has 0 saturated heterocycles. The van der Waals surface area contributed by atoms with Gasteiger partial charge in [-0.05, 0) is 77.8 Å². The first kappa shape index (κ1) is 27.5. The molecule has 0 fully saturated rings. The second-order valence-corrected chi connectivity index (χ2v) is 11.3. The molecule has 5 nitrogen and oxygen atoms in total. The van der Waals surface area contributed by atoms with Crippen molar-refractivity contribution in [3.8, 4) is 11.4 Å². The average molecular weight is 556 g/mol. The molecule has 1 aromatic heterocycles. The van der Waals surface area contributed by atoms with Crippen molar-refractivity contribution < 1.29 is 9.53 Å². The molecule has 0 aliphatic heterocycles. The Bertz CT molecular complexity index is 1630. The molecule has 1 aliphatic rings. The molecule has 1 amide bonds. The van der Waals surface area contributed by atoms with Crippen LogP contribution in [0.15, 0.2) is 116 Å². The maximum atomic E-state index is 14.5. The van der Waals surface area contributed by atoms with Crippen molar-refractivity contribution in [2.45, 2.75) is 58.1 Å². The topological polar surface area (TPSA) is 47.4 Å². The Labute approximate surface area is 248 Å². The van der Waals surface area contributed by atoms with Crippen molar-refractivity contribution in [1.82, 2.24) is 9.78 Å². The molecule has 42 heavy (non-hydrogen) atoms. The maximum Gasteiger partial charge on any atom is 0.234 e. The van der Waals surface area contributed by atoms with Gasteiger partial charge in [-0.25, -0.2) is 4.68 Å². The predicted molar refractivity (Wildman–Crippen MR) is 168 cm³/mol. The van der Waals surface area contributed by atoms with Crippen molar-refractivity contribution in [1.29, 1.82) is 0 Å². The lowest BCUT2D eigenvalue weighted by molar-refractivity contribution is -0.120. The van der Waals surface area contributed by atoms with Crippen molar-refractivity contribution >= 4 is 11.6 Å². The number of rotatable bonds is 9. The summed E-state index contributed by atoms with van der Waals surface area (Å²) in [7, 11) is 0. The molecule has 5 heteroatoms. The SMILES string of the molecule is CC(C)c1ccc(N(Cc2cnn(-c3ccccc3)c2)C(=O)C2CCCc3c(OCc4ccccc4)cccc32)cc1. The van der Waals surface area contributed by atoms with Gasteiger partial charge in [0.1, 0.15) is 12.4 Å². The number of fused-ring (bicyclic) bond motifs is 1. The van der Waals surface area contributed by atoms with Crippen molar-refractivity contribution in [3.63, 3.8) is 0 Å². The molecule has 1 heterocycles. The van der Waals surface area contributed by atoms with E-state index in [0.29, 0.717) is 19.1 Å². The molecule has 4 aromatic carbocycles. The zero-order valence-electron chi connectivity index (χ0n) is 24.3. The van der Waals surface area contributed by atoms with Gasteiger partial charge in [-0.15, -0.1) is 0 Å². The highest BCUT2D eigenvalue weighted by Gasteiger charge is 2.32. The Morgan fingerprint density at radius 3 is 2.38 bits per heavy atom. The number of carbonyl (C=O) groups is 1. The summed E-state index contributed by atoms with van der Waals surface area (Å²) in [5, 5.41) is 4.60. The summed E-state index contributed by atoms with van der Waals surface area (Å²) in [5.74, 6) is 1.18.